The fourth-order valence-electron chi connectivity index (χ4n) is 1.99. The second-order valence-electron chi connectivity index (χ2n) is 5.89. The van der Waals surface area contributed by atoms with E-state index in [0.717, 1.165) is 31.6 Å². The van der Waals surface area contributed by atoms with Gasteiger partial charge in [0.05, 0.1) is 5.84 Å². The molecular formula is C14H26N4. The van der Waals surface area contributed by atoms with E-state index in [4.69, 9.17) is 11.1 Å². The molecule has 1 aromatic rings. The normalized spacial score (nSPS) is 12.1. The molecule has 18 heavy (non-hydrogen) atoms. The standard InChI is InChI=1S/C14H26N4/c1-11(2)12-17-8-10-18(12)9-6-5-7-14(3,4)13(15)16/h8,10-11H,5-7,9H2,1-4H3,(H3,15,16). The third-order valence-corrected chi connectivity index (χ3v) is 3.44. The van der Waals surface area contributed by atoms with E-state index < -0.39 is 0 Å². The van der Waals surface area contributed by atoms with E-state index >= 15 is 0 Å². The second kappa shape index (κ2) is 6.03. The Hall–Kier alpha value is -1.32. The Morgan fingerprint density at radius 3 is 2.67 bits per heavy atom. The van der Waals surface area contributed by atoms with Gasteiger partial charge in [-0.3, -0.25) is 5.41 Å². The molecule has 0 spiro atoms. The van der Waals surface area contributed by atoms with Gasteiger partial charge in [0.25, 0.3) is 0 Å². The first-order chi connectivity index (χ1) is 8.34. The van der Waals surface area contributed by atoms with Crippen molar-refractivity contribution < 1.29 is 0 Å². The summed E-state index contributed by atoms with van der Waals surface area (Å²) in [6.07, 6.45) is 7.07. The molecule has 0 aliphatic heterocycles. The Kier molecular flexibility index (Phi) is 4.93. The SMILES string of the molecule is CC(C)c1nccn1CCCCC(C)(C)C(=N)N. The minimum Gasteiger partial charge on any atom is -0.387 e. The summed E-state index contributed by atoms with van der Waals surface area (Å²) in [6.45, 7) is 9.40. The topological polar surface area (TPSA) is 67.7 Å². The monoisotopic (exact) mass is 250 g/mol. The maximum Gasteiger partial charge on any atom is 0.111 e. The van der Waals surface area contributed by atoms with Gasteiger partial charge in [0, 0.05) is 30.3 Å². The number of amidine groups is 1. The smallest absolute Gasteiger partial charge is 0.111 e. The van der Waals surface area contributed by atoms with Crippen molar-refractivity contribution in [3.05, 3.63) is 18.2 Å². The quantitative estimate of drug-likeness (QED) is 0.443. The minimum atomic E-state index is -0.171. The van der Waals surface area contributed by atoms with Crippen LogP contribution in [0.5, 0.6) is 0 Å². The summed E-state index contributed by atoms with van der Waals surface area (Å²) in [5.74, 6) is 1.91. The van der Waals surface area contributed by atoms with E-state index in [2.05, 4.69) is 23.4 Å². The van der Waals surface area contributed by atoms with Crippen molar-refractivity contribution in [3.63, 3.8) is 0 Å². The molecule has 0 unspecified atom stereocenters. The molecule has 0 amide bonds. The van der Waals surface area contributed by atoms with Crippen molar-refractivity contribution in [2.45, 2.75) is 59.4 Å². The number of aromatic nitrogens is 2. The second-order valence-corrected chi connectivity index (χ2v) is 5.89. The molecule has 4 nitrogen and oxygen atoms in total. The van der Waals surface area contributed by atoms with Crippen molar-refractivity contribution in [2.75, 3.05) is 0 Å². The van der Waals surface area contributed by atoms with Crippen LogP contribution in [0.15, 0.2) is 12.4 Å². The van der Waals surface area contributed by atoms with E-state index in [-0.39, 0.29) is 11.3 Å². The van der Waals surface area contributed by atoms with Gasteiger partial charge in [0.15, 0.2) is 0 Å². The lowest BCUT2D eigenvalue weighted by Gasteiger charge is -2.22. The zero-order valence-corrected chi connectivity index (χ0v) is 12.0. The Morgan fingerprint density at radius 1 is 1.44 bits per heavy atom. The summed E-state index contributed by atoms with van der Waals surface area (Å²) in [5, 5.41) is 7.52. The molecule has 0 radical (unpaired) electrons. The van der Waals surface area contributed by atoms with Gasteiger partial charge in [-0.05, 0) is 12.8 Å². The fourth-order valence-corrected chi connectivity index (χ4v) is 1.99. The lowest BCUT2D eigenvalue weighted by atomic mass is 9.86. The van der Waals surface area contributed by atoms with Gasteiger partial charge < -0.3 is 10.3 Å². The Balaban J connectivity index is 2.39. The summed E-state index contributed by atoms with van der Waals surface area (Å²) >= 11 is 0. The van der Waals surface area contributed by atoms with E-state index in [1.54, 1.807) is 0 Å². The Labute approximate surface area is 110 Å². The first-order valence-corrected chi connectivity index (χ1v) is 6.70. The minimum absolute atomic E-state index is 0.171. The molecule has 3 N–H and O–H groups in total. The third-order valence-electron chi connectivity index (χ3n) is 3.44. The van der Waals surface area contributed by atoms with Crippen LogP contribution in [0.2, 0.25) is 0 Å². The summed E-state index contributed by atoms with van der Waals surface area (Å²) in [5.41, 5.74) is 5.41. The highest BCUT2D eigenvalue weighted by Gasteiger charge is 2.20. The molecule has 4 heteroatoms. The predicted octanol–water partition coefficient (Wildman–Crippen LogP) is 3.14. The molecule has 0 bridgehead atoms. The van der Waals surface area contributed by atoms with Crippen LogP contribution < -0.4 is 5.73 Å². The summed E-state index contributed by atoms with van der Waals surface area (Å²) in [6, 6.07) is 0. The first-order valence-electron chi connectivity index (χ1n) is 6.70. The van der Waals surface area contributed by atoms with Crippen LogP contribution in [0.3, 0.4) is 0 Å². The maximum atomic E-state index is 7.52. The van der Waals surface area contributed by atoms with E-state index in [0.29, 0.717) is 5.92 Å². The molecule has 102 valence electrons. The van der Waals surface area contributed by atoms with Crippen molar-refractivity contribution in [2.24, 2.45) is 11.1 Å². The van der Waals surface area contributed by atoms with Gasteiger partial charge in [-0.25, -0.2) is 4.98 Å². The average molecular weight is 250 g/mol. The molecule has 0 saturated heterocycles. The Bertz CT molecular complexity index is 390. The lowest BCUT2D eigenvalue weighted by Crippen LogP contribution is -2.30. The van der Waals surface area contributed by atoms with Crippen molar-refractivity contribution in [3.8, 4) is 0 Å². The zero-order valence-electron chi connectivity index (χ0n) is 12.0. The molecule has 0 aliphatic rings. The molecular weight excluding hydrogens is 224 g/mol. The third kappa shape index (κ3) is 3.86. The highest BCUT2D eigenvalue weighted by Crippen LogP contribution is 2.23. The number of nitrogens with zero attached hydrogens (tertiary/aromatic N) is 2. The van der Waals surface area contributed by atoms with Gasteiger partial charge in [-0.2, -0.15) is 0 Å². The van der Waals surface area contributed by atoms with Crippen LogP contribution in [0.4, 0.5) is 0 Å². The van der Waals surface area contributed by atoms with E-state index in [1.807, 2.05) is 26.2 Å². The molecule has 0 fully saturated rings. The van der Waals surface area contributed by atoms with Gasteiger partial charge in [0.2, 0.25) is 0 Å². The van der Waals surface area contributed by atoms with Crippen LogP contribution >= 0.6 is 0 Å². The molecule has 0 atom stereocenters. The van der Waals surface area contributed by atoms with E-state index in [1.165, 1.54) is 0 Å². The summed E-state index contributed by atoms with van der Waals surface area (Å²) < 4.78 is 2.23. The first kappa shape index (κ1) is 14.7. The zero-order chi connectivity index (χ0) is 13.8. The summed E-state index contributed by atoms with van der Waals surface area (Å²) in [4.78, 5) is 4.38. The highest BCUT2D eigenvalue weighted by atomic mass is 15.1. The van der Waals surface area contributed by atoms with Crippen LogP contribution in [-0.2, 0) is 6.54 Å². The van der Waals surface area contributed by atoms with Gasteiger partial charge >= 0.3 is 0 Å². The number of imidazole rings is 1. The van der Waals surface area contributed by atoms with Crippen LogP contribution in [-0.4, -0.2) is 15.4 Å². The fraction of sp³-hybridized carbons (Fsp3) is 0.714. The van der Waals surface area contributed by atoms with Crippen molar-refractivity contribution in [1.29, 1.82) is 5.41 Å². The van der Waals surface area contributed by atoms with Crippen LogP contribution in [0, 0.1) is 10.8 Å². The molecule has 0 saturated carbocycles. The maximum absolute atomic E-state index is 7.52. The van der Waals surface area contributed by atoms with Crippen LogP contribution in [0.25, 0.3) is 0 Å². The molecule has 1 rings (SSSR count). The summed E-state index contributed by atoms with van der Waals surface area (Å²) in [7, 11) is 0. The highest BCUT2D eigenvalue weighted by molar-refractivity contribution is 5.82. The number of aryl methyl sites for hydroxylation is 1. The number of unbranched alkanes of at least 4 members (excludes halogenated alkanes) is 1. The average Bonchev–Trinajstić information content (AvgIpc) is 2.72. The number of rotatable bonds is 7. The lowest BCUT2D eigenvalue weighted by molar-refractivity contribution is 0.427. The molecule has 0 aliphatic carbocycles. The van der Waals surface area contributed by atoms with Crippen molar-refractivity contribution >= 4 is 5.84 Å². The number of hydrogen-bond acceptors (Lipinski definition) is 2. The van der Waals surface area contributed by atoms with Crippen LogP contribution in [0.1, 0.15) is 58.7 Å². The predicted molar refractivity (Wildman–Crippen MR) is 75.9 cm³/mol. The van der Waals surface area contributed by atoms with Gasteiger partial charge in [-0.1, -0.05) is 34.1 Å². The Morgan fingerprint density at radius 2 is 2.11 bits per heavy atom. The van der Waals surface area contributed by atoms with Gasteiger partial charge in [0.1, 0.15) is 5.82 Å². The van der Waals surface area contributed by atoms with Gasteiger partial charge in [-0.15, -0.1) is 0 Å². The number of nitrogens with two attached hydrogens (primary N) is 1. The van der Waals surface area contributed by atoms with Crippen molar-refractivity contribution in [1.82, 2.24) is 9.55 Å². The number of nitrogens with one attached hydrogen (secondary N) is 1. The molecule has 1 heterocycles. The molecule has 0 aromatic carbocycles. The largest absolute Gasteiger partial charge is 0.387 e. The number of hydrogen-bond donors (Lipinski definition) is 2. The molecule has 1 aromatic heterocycles. The van der Waals surface area contributed by atoms with E-state index in [9.17, 15) is 0 Å².